The van der Waals surface area contributed by atoms with Crippen molar-refractivity contribution in [3.63, 3.8) is 0 Å². The highest BCUT2D eigenvalue weighted by Gasteiger charge is 2.37. The van der Waals surface area contributed by atoms with E-state index in [1.807, 2.05) is 0 Å². The fourth-order valence-electron chi connectivity index (χ4n) is 3.17. The third-order valence-corrected chi connectivity index (χ3v) is 6.10. The van der Waals surface area contributed by atoms with Gasteiger partial charge in [0.05, 0.1) is 22.2 Å². The molecule has 1 N–H and O–H groups in total. The van der Waals surface area contributed by atoms with E-state index in [0.717, 1.165) is 16.1 Å². The highest BCUT2D eigenvalue weighted by atomic mass is 32.1. The number of imidazole rings is 1. The van der Waals surface area contributed by atoms with Crippen molar-refractivity contribution in [3.8, 4) is 0 Å². The Bertz CT molecular complexity index is 1110. The molecule has 7 nitrogen and oxygen atoms in total. The largest absolute Gasteiger partial charge is 0.348 e. The van der Waals surface area contributed by atoms with E-state index >= 15 is 0 Å². The Kier molecular flexibility index (Phi) is 3.54. The van der Waals surface area contributed by atoms with Gasteiger partial charge in [0.2, 0.25) is 5.01 Å². The van der Waals surface area contributed by atoms with E-state index in [4.69, 9.17) is 0 Å². The van der Waals surface area contributed by atoms with Crippen LogP contribution in [0.4, 0.5) is 4.39 Å². The number of carbonyl (C=O) groups excluding carboxylic acids is 1. The van der Waals surface area contributed by atoms with Gasteiger partial charge in [-0.2, -0.15) is 0 Å². The highest BCUT2D eigenvalue weighted by Crippen LogP contribution is 2.38. The van der Waals surface area contributed by atoms with E-state index in [0.29, 0.717) is 28.5 Å². The number of carbonyl (C=O) groups is 1. The predicted octanol–water partition coefficient (Wildman–Crippen LogP) is 2.80. The lowest BCUT2D eigenvalue weighted by atomic mass is 10.0. The fraction of sp³-hybridized carbons (Fsp3) is 0.188. The Labute approximate surface area is 154 Å². The lowest BCUT2D eigenvalue weighted by Gasteiger charge is -2.33. The molecule has 1 aromatic carbocycles. The van der Waals surface area contributed by atoms with Gasteiger partial charge in [-0.15, -0.1) is 21.5 Å². The molecule has 0 fully saturated rings. The van der Waals surface area contributed by atoms with Crippen LogP contribution in [0.3, 0.4) is 0 Å². The summed E-state index contributed by atoms with van der Waals surface area (Å²) in [6.45, 7) is 0.516. The Morgan fingerprint density at radius 2 is 2.31 bits per heavy atom. The molecule has 0 saturated heterocycles. The standard InChI is InChI=1S/C16H11FN6OS2/c17-8-1-2-11-10(5-8)21-14(26-11)13-12-9(18-6-19-12)3-4-23(13)16(24)15-22-20-7-25-15/h1-2,5-7,13H,3-4H2,(H,18,19)/t13-/m0/s1. The number of rotatable bonds is 2. The lowest BCUT2D eigenvalue weighted by molar-refractivity contribution is 0.0689. The minimum Gasteiger partial charge on any atom is -0.348 e. The van der Waals surface area contributed by atoms with Crippen molar-refractivity contribution in [1.82, 2.24) is 30.0 Å². The number of hydrogen-bond donors (Lipinski definition) is 1. The smallest absolute Gasteiger partial charge is 0.285 e. The summed E-state index contributed by atoms with van der Waals surface area (Å²) in [5.74, 6) is -0.531. The summed E-state index contributed by atoms with van der Waals surface area (Å²) in [6, 6.07) is 4.09. The van der Waals surface area contributed by atoms with Gasteiger partial charge in [0, 0.05) is 24.7 Å². The number of nitrogens with zero attached hydrogens (tertiary/aromatic N) is 5. The molecule has 0 spiro atoms. The molecule has 0 bridgehead atoms. The van der Waals surface area contributed by atoms with E-state index in [2.05, 4.69) is 25.1 Å². The number of halogens is 1. The zero-order valence-electron chi connectivity index (χ0n) is 13.2. The average Bonchev–Trinajstić information content (AvgIpc) is 3.38. The summed E-state index contributed by atoms with van der Waals surface area (Å²) < 4.78 is 14.4. The Balaban J connectivity index is 1.64. The third kappa shape index (κ3) is 2.41. The number of hydrogen-bond acceptors (Lipinski definition) is 7. The summed E-state index contributed by atoms with van der Waals surface area (Å²) in [5, 5.41) is 8.70. The molecule has 4 aromatic rings. The first-order valence-electron chi connectivity index (χ1n) is 7.86. The quantitative estimate of drug-likeness (QED) is 0.572. The van der Waals surface area contributed by atoms with Crippen molar-refractivity contribution in [2.24, 2.45) is 0 Å². The van der Waals surface area contributed by atoms with Crippen LogP contribution in [-0.4, -0.2) is 42.5 Å². The van der Waals surface area contributed by atoms with Crippen LogP contribution in [0.15, 0.2) is 30.0 Å². The van der Waals surface area contributed by atoms with Gasteiger partial charge < -0.3 is 9.88 Å². The Hall–Kier alpha value is -2.72. The van der Waals surface area contributed by atoms with E-state index in [-0.39, 0.29) is 11.7 Å². The lowest BCUT2D eigenvalue weighted by Crippen LogP contribution is -2.40. The fourth-order valence-corrected chi connectivity index (χ4v) is 4.74. The minimum absolute atomic E-state index is 0.198. The van der Waals surface area contributed by atoms with Crippen molar-refractivity contribution in [1.29, 1.82) is 0 Å². The van der Waals surface area contributed by atoms with Crippen LogP contribution in [0.2, 0.25) is 0 Å². The number of H-pyrrole nitrogens is 1. The number of amides is 1. The van der Waals surface area contributed by atoms with Crippen LogP contribution in [-0.2, 0) is 6.42 Å². The summed E-state index contributed by atoms with van der Waals surface area (Å²) in [5.41, 5.74) is 3.87. The highest BCUT2D eigenvalue weighted by molar-refractivity contribution is 7.18. The van der Waals surface area contributed by atoms with Crippen molar-refractivity contribution < 1.29 is 9.18 Å². The molecule has 0 unspecified atom stereocenters. The van der Waals surface area contributed by atoms with Crippen LogP contribution in [0.1, 0.15) is 32.2 Å². The van der Waals surface area contributed by atoms with Crippen molar-refractivity contribution in [2.75, 3.05) is 6.54 Å². The first-order valence-corrected chi connectivity index (χ1v) is 9.55. The van der Waals surface area contributed by atoms with E-state index in [1.54, 1.807) is 17.3 Å². The van der Waals surface area contributed by atoms with Crippen molar-refractivity contribution in [3.05, 3.63) is 57.3 Å². The molecule has 3 aromatic heterocycles. The molecule has 130 valence electrons. The van der Waals surface area contributed by atoms with Crippen LogP contribution < -0.4 is 0 Å². The van der Waals surface area contributed by atoms with Gasteiger partial charge in [-0.05, 0) is 12.1 Å². The molecule has 4 heterocycles. The topological polar surface area (TPSA) is 87.7 Å². The second kappa shape index (κ2) is 5.92. The molecule has 10 heteroatoms. The number of aromatic nitrogens is 5. The molecule has 0 saturated carbocycles. The maximum atomic E-state index is 13.5. The SMILES string of the molecule is O=C(c1nncs1)N1CCc2[nH]cnc2[C@H]1c1nc2cc(F)ccc2s1. The number of nitrogens with one attached hydrogen (secondary N) is 1. The normalized spacial score (nSPS) is 16.8. The molecule has 1 aliphatic rings. The predicted molar refractivity (Wildman–Crippen MR) is 94.7 cm³/mol. The first-order chi connectivity index (χ1) is 12.7. The molecule has 1 amide bonds. The summed E-state index contributed by atoms with van der Waals surface area (Å²) >= 11 is 2.64. The Morgan fingerprint density at radius 3 is 3.15 bits per heavy atom. The molecular formula is C16H11FN6OS2. The third-order valence-electron chi connectivity index (χ3n) is 4.33. The van der Waals surface area contributed by atoms with Crippen molar-refractivity contribution in [2.45, 2.75) is 12.5 Å². The second-order valence-electron chi connectivity index (χ2n) is 5.83. The van der Waals surface area contributed by atoms with Gasteiger partial charge in [0.15, 0.2) is 0 Å². The number of benzene rings is 1. The van der Waals surface area contributed by atoms with Crippen LogP contribution in [0.25, 0.3) is 10.2 Å². The van der Waals surface area contributed by atoms with Gasteiger partial charge in [0.25, 0.3) is 5.91 Å². The average molecular weight is 386 g/mol. The maximum Gasteiger partial charge on any atom is 0.285 e. The number of thiazole rings is 1. The monoisotopic (exact) mass is 386 g/mol. The van der Waals surface area contributed by atoms with Crippen LogP contribution in [0.5, 0.6) is 0 Å². The van der Waals surface area contributed by atoms with Crippen LogP contribution in [0, 0.1) is 5.82 Å². The van der Waals surface area contributed by atoms with Crippen LogP contribution >= 0.6 is 22.7 Å². The van der Waals surface area contributed by atoms with Gasteiger partial charge >= 0.3 is 0 Å². The van der Waals surface area contributed by atoms with E-state index < -0.39 is 6.04 Å². The van der Waals surface area contributed by atoms with E-state index in [1.165, 1.54) is 40.3 Å². The van der Waals surface area contributed by atoms with Gasteiger partial charge in [-0.25, -0.2) is 14.4 Å². The molecular weight excluding hydrogens is 375 g/mol. The molecule has 0 aliphatic carbocycles. The molecule has 26 heavy (non-hydrogen) atoms. The summed E-state index contributed by atoms with van der Waals surface area (Å²) in [4.78, 5) is 26.8. The molecule has 0 radical (unpaired) electrons. The first kappa shape index (κ1) is 15.5. The Morgan fingerprint density at radius 1 is 1.38 bits per heavy atom. The van der Waals surface area contributed by atoms with Gasteiger partial charge in [-0.1, -0.05) is 11.3 Å². The number of fused-ring (bicyclic) bond motifs is 2. The number of aromatic amines is 1. The zero-order valence-corrected chi connectivity index (χ0v) is 14.9. The second-order valence-corrected chi connectivity index (χ2v) is 7.72. The maximum absolute atomic E-state index is 13.5. The molecule has 1 atom stereocenters. The summed E-state index contributed by atoms with van der Waals surface area (Å²) in [6.07, 6.45) is 2.31. The van der Waals surface area contributed by atoms with Gasteiger partial charge in [-0.3, -0.25) is 4.79 Å². The minimum atomic E-state index is -0.429. The zero-order chi connectivity index (χ0) is 17.7. The van der Waals surface area contributed by atoms with Gasteiger partial charge in [0.1, 0.15) is 22.4 Å². The molecule has 5 rings (SSSR count). The van der Waals surface area contributed by atoms with Crippen molar-refractivity contribution >= 4 is 38.8 Å². The summed E-state index contributed by atoms with van der Waals surface area (Å²) in [7, 11) is 0. The molecule has 1 aliphatic heterocycles. The van der Waals surface area contributed by atoms with E-state index in [9.17, 15) is 9.18 Å².